The Kier molecular flexibility index (Phi) is 4.25. The lowest BCUT2D eigenvalue weighted by Crippen LogP contribution is -2.19. The number of benzene rings is 1. The second-order valence-electron chi connectivity index (χ2n) is 5.68. The lowest BCUT2D eigenvalue weighted by Gasteiger charge is -2.14. The Morgan fingerprint density at radius 1 is 1.29 bits per heavy atom. The minimum absolute atomic E-state index is 0.00733. The van der Waals surface area contributed by atoms with E-state index in [1.54, 1.807) is 17.7 Å². The molecule has 1 aromatic heterocycles. The van der Waals surface area contributed by atoms with Gasteiger partial charge in [0.05, 0.1) is 18.2 Å². The predicted molar refractivity (Wildman–Crippen MR) is 85.9 cm³/mol. The molecule has 0 amide bonds. The first-order valence-corrected chi connectivity index (χ1v) is 7.70. The molecule has 1 aliphatic carbocycles. The van der Waals surface area contributed by atoms with Crippen LogP contribution in [0.3, 0.4) is 0 Å². The second-order valence-corrected chi connectivity index (χ2v) is 5.68. The van der Waals surface area contributed by atoms with Crippen molar-refractivity contribution in [1.29, 1.82) is 0 Å². The molecule has 4 heteroatoms. The maximum Gasteiger partial charge on any atom is 0.252 e. The molecule has 1 aliphatic rings. The highest BCUT2D eigenvalue weighted by atomic mass is 16.5. The Bertz CT molecular complexity index is 672. The Morgan fingerprint density at radius 2 is 2.05 bits per heavy atom. The monoisotopic (exact) mass is 286 g/mol. The summed E-state index contributed by atoms with van der Waals surface area (Å²) >= 11 is 0. The van der Waals surface area contributed by atoms with Crippen LogP contribution in [0.5, 0.6) is 0 Å². The first kappa shape index (κ1) is 14.1. The Labute approximate surface area is 124 Å². The van der Waals surface area contributed by atoms with Crippen molar-refractivity contribution < 1.29 is 4.74 Å². The summed E-state index contributed by atoms with van der Waals surface area (Å²) in [5.41, 5.74) is 1.85. The van der Waals surface area contributed by atoms with Gasteiger partial charge in [-0.2, -0.15) is 0 Å². The molecule has 1 fully saturated rings. The van der Waals surface area contributed by atoms with Gasteiger partial charge in [0.1, 0.15) is 0 Å². The van der Waals surface area contributed by atoms with Crippen molar-refractivity contribution >= 4 is 16.6 Å². The summed E-state index contributed by atoms with van der Waals surface area (Å²) in [5.74, 6) is 0. The molecule has 1 N–H and O–H groups in total. The molecule has 0 bridgehead atoms. The number of anilines is 1. The number of hydrogen-bond donors (Lipinski definition) is 1. The number of pyridine rings is 1. The van der Waals surface area contributed by atoms with E-state index >= 15 is 0 Å². The van der Waals surface area contributed by atoms with E-state index in [9.17, 15) is 4.79 Å². The first-order chi connectivity index (χ1) is 10.3. The molecule has 2 aromatic rings. The molecule has 112 valence electrons. The predicted octanol–water partition coefficient (Wildman–Crippen LogP) is 2.91. The van der Waals surface area contributed by atoms with Crippen LogP contribution in [-0.4, -0.2) is 23.8 Å². The van der Waals surface area contributed by atoms with Gasteiger partial charge < -0.3 is 14.6 Å². The zero-order valence-corrected chi connectivity index (χ0v) is 12.5. The Morgan fingerprint density at radius 3 is 2.86 bits per heavy atom. The molecule has 0 aliphatic heterocycles. The summed E-state index contributed by atoms with van der Waals surface area (Å²) in [6.07, 6.45) is 5.39. The second kappa shape index (κ2) is 6.31. The molecule has 0 unspecified atom stereocenters. The third kappa shape index (κ3) is 3.10. The van der Waals surface area contributed by atoms with Crippen molar-refractivity contribution in [2.45, 2.75) is 31.8 Å². The molecule has 21 heavy (non-hydrogen) atoms. The van der Waals surface area contributed by atoms with E-state index in [1.165, 1.54) is 25.7 Å². The topological polar surface area (TPSA) is 43.3 Å². The summed E-state index contributed by atoms with van der Waals surface area (Å²) in [6.45, 7) is 1.42. The van der Waals surface area contributed by atoms with Crippen LogP contribution in [0.2, 0.25) is 0 Å². The number of para-hydroxylation sites is 1. The summed E-state index contributed by atoms with van der Waals surface area (Å²) < 4.78 is 7.52. The van der Waals surface area contributed by atoms with Crippen LogP contribution in [0, 0.1) is 0 Å². The molecule has 1 heterocycles. The maximum atomic E-state index is 12.0. The van der Waals surface area contributed by atoms with Crippen molar-refractivity contribution in [2.24, 2.45) is 7.05 Å². The van der Waals surface area contributed by atoms with E-state index in [0.717, 1.165) is 23.1 Å². The fourth-order valence-corrected chi connectivity index (χ4v) is 3.02. The van der Waals surface area contributed by atoms with E-state index in [0.29, 0.717) is 12.7 Å². The van der Waals surface area contributed by atoms with E-state index < -0.39 is 0 Å². The highest BCUT2D eigenvalue weighted by molar-refractivity contribution is 5.91. The highest BCUT2D eigenvalue weighted by Gasteiger charge is 2.14. The quantitative estimate of drug-likeness (QED) is 0.859. The molecule has 0 spiro atoms. The minimum Gasteiger partial charge on any atom is -0.382 e. The summed E-state index contributed by atoms with van der Waals surface area (Å²) in [4.78, 5) is 12.0. The molecular weight excluding hydrogens is 264 g/mol. The summed E-state index contributed by atoms with van der Waals surface area (Å²) in [5, 5.41) is 4.41. The van der Waals surface area contributed by atoms with Gasteiger partial charge in [-0.1, -0.05) is 31.0 Å². The van der Waals surface area contributed by atoms with Gasteiger partial charge in [-0.25, -0.2) is 0 Å². The number of hydrogen-bond acceptors (Lipinski definition) is 3. The molecule has 0 atom stereocenters. The van der Waals surface area contributed by atoms with Crippen LogP contribution >= 0.6 is 0 Å². The number of nitrogens with zero attached hydrogens (tertiary/aromatic N) is 1. The van der Waals surface area contributed by atoms with Crippen molar-refractivity contribution in [3.05, 3.63) is 40.7 Å². The zero-order chi connectivity index (χ0) is 14.7. The van der Waals surface area contributed by atoms with Crippen molar-refractivity contribution in [2.75, 3.05) is 18.5 Å². The fourth-order valence-electron chi connectivity index (χ4n) is 3.02. The Balaban J connectivity index is 1.69. The smallest absolute Gasteiger partial charge is 0.252 e. The average Bonchev–Trinajstić information content (AvgIpc) is 3.02. The summed E-state index contributed by atoms with van der Waals surface area (Å²) in [6, 6.07) is 9.62. The number of ether oxygens (including phenoxy) is 1. The number of rotatable bonds is 5. The molecule has 0 radical (unpaired) electrons. The van der Waals surface area contributed by atoms with Gasteiger partial charge in [0.15, 0.2) is 0 Å². The van der Waals surface area contributed by atoms with Crippen LogP contribution in [0.15, 0.2) is 35.1 Å². The van der Waals surface area contributed by atoms with Gasteiger partial charge in [-0.15, -0.1) is 0 Å². The van der Waals surface area contributed by atoms with Crippen molar-refractivity contribution in [3.63, 3.8) is 0 Å². The van der Waals surface area contributed by atoms with Crippen molar-refractivity contribution in [3.8, 4) is 0 Å². The van der Waals surface area contributed by atoms with Crippen LogP contribution in [-0.2, 0) is 11.8 Å². The number of aryl methyl sites for hydroxylation is 1. The van der Waals surface area contributed by atoms with Gasteiger partial charge in [-0.3, -0.25) is 4.79 Å². The van der Waals surface area contributed by atoms with Gasteiger partial charge >= 0.3 is 0 Å². The van der Waals surface area contributed by atoms with Gasteiger partial charge in [-0.05, 0) is 18.9 Å². The lowest BCUT2D eigenvalue weighted by atomic mass is 10.2. The highest BCUT2D eigenvalue weighted by Crippen LogP contribution is 2.22. The van der Waals surface area contributed by atoms with E-state index in [1.807, 2.05) is 24.3 Å². The molecule has 0 saturated heterocycles. The molecular formula is C17H22N2O2. The van der Waals surface area contributed by atoms with E-state index in [-0.39, 0.29) is 5.56 Å². The lowest BCUT2D eigenvalue weighted by molar-refractivity contribution is 0.0659. The number of aromatic nitrogens is 1. The fraction of sp³-hybridized carbons (Fsp3) is 0.471. The SMILES string of the molecule is Cn1c(=O)cc(NCCOC2CCCC2)c2ccccc21. The van der Waals surface area contributed by atoms with E-state index in [2.05, 4.69) is 5.32 Å². The molecule has 4 nitrogen and oxygen atoms in total. The van der Waals surface area contributed by atoms with Gasteiger partial charge in [0.25, 0.3) is 5.56 Å². The molecule has 1 saturated carbocycles. The van der Waals surface area contributed by atoms with Crippen LogP contribution in [0.1, 0.15) is 25.7 Å². The zero-order valence-electron chi connectivity index (χ0n) is 12.5. The Hall–Kier alpha value is -1.81. The van der Waals surface area contributed by atoms with Crippen molar-refractivity contribution in [1.82, 2.24) is 4.57 Å². The molecule has 3 rings (SSSR count). The average molecular weight is 286 g/mol. The first-order valence-electron chi connectivity index (χ1n) is 7.70. The van der Waals surface area contributed by atoms with Crippen LogP contribution in [0.25, 0.3) is 10.9 Å². The number of nitrogens with one attached hydrogen (secondary N) is 1. The third-order valence-corrected chi connectivity index (χ3v) is 4.23. The van der Waals surface area contributed by atoms with Crippen LogP contribution in [0.4, 0.5) is 5.69 Å². The number of fused-ring (bicyclic) bond motifs is 1. The van der Waals surface area contributed by atoms with Gasteiger partial charge in [0, 0.05) is 30.7 Å². The largest absolute Gasteiger partial charge is 0.382 e. The molecule has 1 aromatic carbocycles. The van der Waals surface area contributed by atoms with E-state index in [4.69, 9.17) is 4.74 Å². The van der Waals surface area contributed by atoms with Crippen LogP contribution < -0.4 is 10.9 Å². The minimum atomic E-state index is 0.00733. The van der Waals surface area contributed by atoms with Gasteiger partial charge in [0.2, 0.25) is 0 Å². The summed E-state index contributed by atoms with van der Waals surface area (Å²) in [7, 11) is 1.80. The maximum absolute atomic E-state index is 12.0. The normalized spacial score (nSPS) is 15.7. The standard InChI is InChI=1S/C17H22N2O2/c1-19-16-9-5-4-8-14(16)15(12-17(19)20)18-10-11-21-13-6-2-3-7-13/h4-5,8-9,12-13,18H,2-3,6-7,10-11H2,1H3. The third-order valence-electron chi connectivity index (χ3n) is 4.23.